The van der Waals surface area contributed by atoms with Crippen LogP contribution in [0.5, 0.6) is 0 Å². The fraction of sp³-hybridized carbons (Fsp3) is 0.250. The Hall–Kier alpha value is -1.75. The van der Waals surface area contributed by atoms with Crippen LogP contribution in [0, 0.1) is 11.6 Å². The molecule has 5 heteroatoms. The van der Waals surface area contributed by atoms with Crippen molar-refractivity contribution < 1.29 is 13.5 Å². The molecule has 2 aromatic rings. The van der Waals surface area contributed by atoms with Crippen molar-refractivity contribution in [1.29, 1.82) is 0 Å². The number of fused-ring (bicyclic) bond motifs is 2. The second kappa shape index (κ2) is 3.63. The maximum absolute atomic E-state index is 13.6. The summed E-state index contributed by atoms with van der Waals surface area (Å²) in [6, 6.07) is 1.85. The molecule has 0 atom stereocenters. The van der Waals surface area contributed by atoms with E-state index in [0.717, 1.165) is 6.07 Å². The van der Waals surface area contributed by atoms with Crippen LogP contribution in [-0.4, -0.2) is 11.6 Å². The molecule has 1 aromatic carbocycles. The summed E-state index contributed by atoms with van der Waals surface area (Å²) in [5.74, 6) is -1.53. The lowest BCUT2D eigenvalue weighted by Gasteiger charge is -2.16. The number of H-pyrrole nitrogens is 1. The van der Waals surface area contributed by atoms with Gasteiger partial charge in [-0.25, -0.2) is 8.78 Å². The third-order valence-electron chi connectivity index (χ3n) is 2.95. The first-order chi connectivity index (χ1) is 8.16. The Morgan fingerprint density at radius 2 is 2.12 bits per heavy atom. The average Bonchev–Trinajstić information content (AvgIpc) is 2.28. The van der Waals surface area contributed by atoms with Crippen LogP contribution in [0.1, 0.15) is 11.3 Å². The molecule has 17 heavy (non-hydrogen) atoms. The molecule has 0 amide bonds. The summed E-state index contributed by atoms with van der Waals surface area (Å²) < 4.78 is 31.8. The Bertz CT molecular complexity index is 664. The van der Waals surface area contributed by atoms with E-state index in [2.05, 4.69) is 4.98 Å². The molecular formula is C12H9F2NO2. The summed E-state index contributed by atoms with van der Waals surface area (Å²) in [5, 5.41) is -0.101. The molecule has 0 fully saturated rings. The lowest BCUT2D eigenvalue weighted by atomic mass is 10.1. The largest absolute Gasteiger partial charge is 0.376 e. The van der Waals surface area contributed by atoms with E-state index in [9.17, 15) is 13.6 Å². The molecule has 0 radical (unpaired) electrons. The highest BCUT2D eigenvalue weighted by Crippen LogP contribution is 2.19. The maximum Gasteiger partial charge on any atom is 0.198 e. The summed E-state index contributed by atoms with van der Waals surface area (Å²) in [5.41, 5.74) is 0.937. The highest BCUT2D eigenvalue weighted by Gasteiger charge is 2.18. The van der Waals surface area contributed by atoms with Gasteiger partial charge in [-0.05, 0) is 6.07 Å². The topological polar surface area (TPSA) is 42.1 Å². The van der Waals surface area contributed by atoms with E-state index in [1.54, 1.807) is 0 Å². The number of hydrogen-bond acceptors (Lipinski definition) is 2. The number of pyridine rings is 1. The van der Waals surface area contributed by atoms with Gasteiger partial charge in [0, 0.05) is 23.7 Å². The normalized spacial score (nSPS) is 14.9. The quantitative estimate of drug-likeness (QED) is 0.760. The third-order valence-corrected chi connectivity index (χ3v) is 2.95. The Balaban J connectivity index is 2.44. The van der Waals surface area contributed by atoms with Gasteiger partial charge >= 0.3 is 0 Å². The van der Waals surface area contributed by atoms with Crippen molar-refractivity contribution in [2.45, 2.75) is 13.0 Å². The molecule has 1 aliphatic rings. The molecule has 0 bridgehead atoms. The zero-order valence-electron chi connectivity index (χ0n) is 8.85. The first-order valence-electron chi connectivity index (χ1n) is 5.27. The number of halogens is 2. The summed E-state index contributed by atoms with van der Waals surface area (Å²) in [6.07, 6.45) is 0.554. The first-order valence-corrected chi connectivity index (χ1v) is 5.27. The van der Waals surface area contributed by atoms with Crippen LogP contribution < -0.4 is 5.43 Å². The Labute approximate surface area is 95.0 Å². The third kappa shape index (κ3) is 1.54. The van der Waals surface area contributed by atoms with Crippen molar-refractivity contribution in [2.24, 2.45) is 0 Å². The van der Waals surface area contributed by atoms with Crippen LogP contribution in [0.2, 0.25) is 0 Å². The molecule has 1 aliphatic heterocycles. The van der Waals surface area contributed by atoms with Gasteiger partial charge in [-0.3, -0.25) is 4.79 Å². The highest BCUT2D eigenvalue weighted by atomic mass is 19.1. The Morgan fingerprint density at radius 1 is 1.29 bits per heavy atom. The van der Waals surface area contributed by atoms with Crippen LogP contribution in [0.25, 0.3) is 10.9 Å². The number of aromatic amines is 1. The lowest BCUT2D eigenvalue weighted by molar-refractivity contribution is 0.108. The number of hydrogen-bond donors (Lipinski definition) is 1. The SMILES string of the molecule is O=c1c2c([nH]c3cc(F)cc(F)c13)CCOC2. The van der Waals surface area contributed by atoms with E-state index in [-0.39, 0.29) is 17.5 Å². The van der Waals surface area contributed by atoms with Gasteiger partial charge in [0.15, 0.2) is 5.43 Å². The van der Waals surface area contributed by atoms with Gasteiger partial charge in [0.25, 0.3) is 0 Å². The molecule has 0 unspecified atom stereocenters. The average molecular weight is 237 g/mol. The number of nitrogens with one attached hydrogen (secondary N) is 1. The number of aromatic nitrogens is 1. The number of benzene rings is 1. The summed E-state index contributed by atoms with van der Waals surface area (Å²) in [7, 11) is 0. The van der Waals surface area contributed by atoms with Gasteiger partial charge in [0.2, 0.25) is 0 Å². The van der Waals surface area contributed by atoms with E-state index in [1.165, 1.54) is 0 Å². The minimum absolute atomic E-state index is 0.101. The monoisotopic (exact) mass is 237 g/mol. The van der Waals surface area contributed by atoms with Crippen molar-refractivity contribution in [2.75, 3.05) is 6.61 Å². The van der Waals surface area contributed by atoms with E-state index in [1.807, 2.05) is 0 Å². The minimum atomic E-state index is -0.838. The smallest absolute Gasteiger partial charge is 0.198 e. The van der Waals surface area contributed by atoms with E-state index in [4.69, 9.17) is 4.74 Å². The molecule has 2 heterocycles. The molecule has 0 saturated heterocycles. The fourth-order valence-electron chi connectivity index (χ4n) is 2.14. The minimum Gasteiger partial charge on any atom is -0.376 e. The summed E-state index contributed by atoms with van der Waals surface area (Å²) in [4.78, 5) is 15.0. The Kier molecular flexibility index (Phi) is 2.22. The highest BCUT2D eigenvalue weighted by molar-refractivity contribution is 5.80. The van der Waals surface area contributed by atoms with Crippen LogP contribution in [0.15, 0.2) is 16.9 Å². The predicted octanol–water partition coefficient (Wildman–Crippen LogP) is 1.88. The van der Waals surface area contributed by atoms with Crippen LogP contribution in [0.4, 0.5) is 8.78 Å². The fourth-order valence-corrected chi connectivity index (χ4v) is 2.14. The van der Waals surface area contributed by atoms with E-state index in [0.29, 0.717) is 30.4 Å². The molecule has 1 aromatic heterocycles. The van der Waals surface area contributed by atoms with Crippen molar-refractivity contribution in [3.63, 3.8) is 0 Å². The van der Waals surface area contributed by atoms with Crippen molar-refractivity contribution in [1.82, 2.24) is 4.98 Å². The van der Waals surface area contributed by atoms with Crippen LogP contribution in [0.3, 0.4) is 0 Å². The van der Waals surface area contributed by atoms with Gasteiger partial charge in [0.1, 0.15) is 11.6 Å². The molecule has 1 N–H and O–H groups in total. The number of ether oxygens (including phenoxy) is 1. The predicted molar refractivity (Wildman–Crippen MR) is 57.8 cm³/mol. The van der Waals surface area contributed by atoms with Gasteiger partial charge in [-0.15, -0.1) is 0 Å². The van der Waals surface area contributed by atoms with Gasteiger partial charge in [-0.1, -0.05) is 0 Å². The second-order valence-electron chi connectivity index (χ2n) is 4.02. The molecular weight excluding hydrogens is 228 g/mol. The number of rotatable bonds is 0. The zero-order valence-corrected chi connectivity index (χ0v) is 8.85. The van der Waals surface area contributed by atoms with Gasteiger partial charge in [0.05, 0.1) is 24.1 Å². The van der Waals surface area contributed by atoms with Crippen molar-refractivity contribution >= 4 is 10.9 Å². The van der Waals surface area contributed by atoms with Gasteiger partial charge < -0.3 is 9.72 Å². The molecule has 0 aliphatic carbocycles. The summed E-state index contributed by atoms with van der Waals surface area (Å²) >= 11 is 0. The maximum atomic E-state index is 13.6. The molecule has 3 rings (SSSR count). The standard InChI is InChI=1S/C12H9F2NO2/c13-6-3-8(14)11-10(4-6)15-9-1-2-17-5-7(9)12(11)16/h3-4H,1-2,5H2,(H,15,16). The second-order valence-corrected chi connectivity index (χ2v) is 4.02. The molecule has 0 saturated carbocycles. The van der Waals surface area contributed by atoms with Crippen LogP contribution >= 0.6 is 0 Å². The zero-order chi connectivity index (χ0) is 12.0. The molecule has 3 nitrogen and oxygen atoms in total. The molecule has 88 valence electrons. The lowest BCUT2D eigenvalue weighted by Crippen LogP contribution is -2.22. The van der Waals surface area contributed by atoms with E-state index < -0.39 is 17.1 Å². The first kappa shape index (κ1) is 10.4. The van der Waals surface area contributed by atoms with E-state index >= 15 is 0 Å². The van der Waals surface area contributed by atoms with Crippen molar-refractivity contribution in [3.05, 3.63) is 45.2 Å². The van der Waals surface area contributed by atoms with Crippen LogP contribution in [-0.2, 0) is 17.8 Å². The van der Waals surface area contributed by atoms with Gasteiger partial charge in [-0.2, -0.15) is 0 Å². The summed E-state index contributed by atoms with van der Waals surface area (Å²) in [6.45, 7) is 0.684. The van der Waals surface area contributed by atoms with Crippen molar-refractivity contribution in [3.8, 4) is 0 Å². The Morgan fingerprint density at radius 3 is 2.94 bits per heavy atom. The molecule has 0 spiro atoms.